The van der Waals surface area contributed by atoms with E-state index in [1.165, 1.54) is 11.3 Å². The Morgan fingerprint density at radius 3 is 2.62 bits per heavy atom. The van der Waals surface area contributed by atoms with Crippen LogP contribution in [0.2, 0.25) is 0 Å². The van der Waals surface area contributed by atoms with Crippen molar-refractivity contribution in [3.05, 3.63) is 41.2 Å². The summed E-state index contributed by atoms with van der Waals surface area (Å²) in [5, 5.41) is 4.49. The van der Waals surface area contributed by atoms with Gasteiger partial charge in [0.1, 0.15) is 0 Å². The van der Waals surface area contributed by atoms with Crippen LogP contribution in [0.4, 0.5) is 5.95 Å². The maximum Gasteiger partial charge on any atom is 0.201 e. The van der Waals surface area contributed by atoms with Crippen molar-refractivity contribution in [2.75, 3.05) is 5.73 Å². The summed E-state index contributed by atoms with van der Waals surface area (Å²) in [6.07, 6.45) is 0.978. The van der Waals surface area contributed by atoms with Gasteiger partial charge in [-0.15, -0.1) is 0 Å². The first kappa shape index (κ1) is 13.7. The van der Waals surface area contributed by atoms with E-state index in [1.54, 1.807) is 0 Å². The average molecular weight is 283 g/mol. The Labute approximate surface area is 124 Å². The van der Waals surface area contributed by atoms with Crippen molar-refractivity contribution >= 4 is 17.0 Å². The van der Waals surface area contributed by atoms with Gasteiger partial charge >= 0.3 is 0 Å². The first-order valence-electron chi connectivity index (χ1n) is 7.28. The van der Waals surface area contributed by atoms with E-state index in [1.807, 2.05) is 13.0 Å². The van der Waals surface area contributed by atoms with E-state index >= 15 is 0 Å². The molecule has 0 aliphatic rings. The van der Waals surface area contributed by atoms with Crippen LogP contribution in [-0.2, 0) is 13.1 Å². The molecule has 0 spiro atoms. The maximum atomic E-state index is 6.05. The topological polar surface area (TPSA) is 61.7 Å². The second-order valence-corrected chi connectivity index (χ2v) is 5.62. The van der Waals surface area contributed by atoms with Crippen LogP contribution < -0.4 is 5.73 Å². The molecule has 110 valence electrons. The number of nitrogens with zero attached hydrogens (tertiary/aromatic N) is 4. The van der Waals surface area contributed by atoms with Crippen LogP contribution in [0.25, 0.3) is 11.0 Å². The third kappa shape index (κ3) is 2.63. The lowest BCUT2D eigenvalue weighted by Gasteiger charge is -2.08. The number of imidazole rings is 1. The summed E-state index contributed by atoms with van der Waals surface area (Å²) in [6.45, 7) is 7.94. The van der Waals surface area contributed by atoms with Crippen molar-refractivity contribution in [1.29, 1.82) is 0 Å². The number of nitrogens with two attached hydrogens (primary N) is 1. The zero-order chi connectivity index (χ0) is 15.0. The summed E-state index contributed by atoms with van der Waals surface area (Å²) in [4.78, 5) is 4.42. The Kier molecular flexibility index (Phi) is 3.41. The number of anilines is 1. The Morgan fingerprint density at radius 2 is 1.90 bits per heavy atom. The van der Waals surface area contributed by atoms with E-state index in [0.717, 1.165) is 36.2 Å². The molecule has 0 bridgehead atoms. The predicted octanol–water partition coefficient (Wildman–Crippen LogP) is 2.83. The van der Waals surface area contributed by atoms with Crippen LogP contribution in [0, 0.1) is 20.8 Å². The smallest absolute Gasteiger partial charge is 0.201 e. The van der Waals surface area contributed by atoms with E-state index < -0.39 is 0 Å². The molecule has 0 saturated heterocycles. The minimum absolute atomic E-state index is 0.587. The number of aromatic nitrogens is 4. The lowest BCUT2D eigenvalue weighted by atomic mass is 10.2. The molecule has 0 radical (unpaired) electrons. The largest absolute Gasteiger partial charge is 0.369 e. The van der Waals surface area contributed by atoms with Crippen LogP contribution in [0.1, 0.15) is 23.4 Å². The number of nitrogen functional groups attached to an aromatic ring is 1. The molecule has 2 aromatic heterocycles. The minimum Gasteiger partial charge on any atom is -0.369 e. The highest BCUT2D eigenvalue weighted by molar-refractivity contribution is 5.79. The zero-order valence-corrected chi connectivity index (χ0v) is 12.8. The normalized spacial score (nSPS) is 11.4. The van der Waals surface area contributed by atoms with Gasteiger partial charge in [-0.05, 0) is 51.0 Å². The van der Waals surface area contributed by atoms with Crippen LogP contribution in [-0.4, -0.2) is 19.3 Å². The molecule has 0 saturated carbocycles. The van der Waals surface area contributed by atoms with Gasteiger partial charge in [-0.2, -0.15) is 5.10 Å². The van der Waals surface area contributed by atoms with Crippen LogP contribution in [0.15, 0.2) is 24.3 Å². The second kappa shape index (κ2) is 5.24. The number of rotatable bonds is 4. The summed E-state index contributed by atoms with van der Waals surface area (Å²) in [5.41, 5.74) is 11.6. The van der Waals surface area contributed by atoms with E-state index in [9.17, 15) is 0 Å². The molecule has 1 aromatic carbocycles. The first-order chi connectivity index (χ1) is 10.0. The number of hydrogen-bond acceptors (Lipinski definition) is 3. The van der Waals surface area contributed by atoms with Crippen molar-refractivity contribution in [3.63, 3.8) is 0 Å². The molecule has 3 rings (SSSR count). The molecule has 0 unspecified atom stereocenters. The van der Waals surface area contributed by atoms with Crippen LogP contribution in [0.3, 0.4) is 0 Å². The summed E-state index contributed by atoms with van der Waals surface area (Å²) >= 11 is 0. The van der Waals surface area contributed by atoms with Gasteiger partial charge in [-0.3, -0.25) is 4.68 Å². The number of hydrogen-bond donors (Lipinski definition) is 1. The predicted molar refractivity (Wildman–Crippen MR) is 85.2 cm³/mol. The van der Waals surface area contributed by atoms with E-state index in [4.69, 9.17) is 5.73 Å². The average Bonchev–Trinajstić information content (AvgIpc) is 2.90. The fourth-order valence-corrected chi connectivity index (χ4v) is 2.77. The summed E-state index contributed by atoms with van der Waals surface area (Å²) in [6, 6.07) is 8.33. The zero-order valence-electron chi connectivity index (χ0n) is 12.8. The highest BCUT2D eigenvalue weighted by Gasteiger charge is 2.08. The SMILES string of the molecule is Cc1ccc2nc(N)n(CCCn3nc(C)cc3C)c2c1. The van der Waals surface area contributed by atoms with E-state index in [0.29, 0.717) is 5.95 Å². The minimum atomic E-state index is 0.587. The molecular formula is C16H21N5. The second-order valence-electron chi connectivity index (χ2n) is 5.62. The highest BCUT2D eigenvalue weighted by Crippen LogP contribution is 2.19. The standard InChI is InChI=1S/C16H21N5/c1-11-5-6-14-15(9-11)20(16(17)18-14)7-4-8-21-13(3)10-12(2)19-21/h5-6,9-10H,4,7-8H2,1-3H3,(H2,17,18). The Balaban J connectivity index is 1.77. The van der Waals surface area contributed by atoms with Crippen molar-refractivity contribution in [2.24, 2.45) is 0 Å². The summed E-state index contributed by atoms with van der Waals surface area (Å²) in [5.74, 6) is 0.587. The van der Waals surface area contributed by atoms with E-state index in [2.05, 4.69) is 51.4 Å². The molecule has 0 aliphatic heterocycles. The lowest BCUT2D eigenvalue weighted by Crippen LogP contribution is -2.08. The molecule has 5 nitrogen and oxygen atoms in total. The van der Waals surface area contributed by atoms with Crippen molar-refractivity contribution < 1.29 is 0 Å². The molecule has 21 heavy (non-hydrogen) atoms. The summed E-state index contributed by atoms with van der Waals surface area (Å²) < 4.78 is 4.14. The molecule has 0 fully saturated rings. The molecule has 3 aromatic rings. The van der Waals surface area contributed by atoms with Gasteiger partial charge in [0.05, 0.1) is 16.7 Å². The van der Waals surface area contributed by atoms with Crippen molar-refractivity contribution in [2.45, 2.75) is 40.3 Å². The third-order valence-corrected chi connectivity index (χ3v) is 3.79. The first-order valence-corrected chi connectivity index (χ1v) is 7.28. The van der Waals surface area contributed by atoms with Gasteiger partial charge in [0, 0.05) is 18.8 Å². The van der Waals surface area contributed by atoms with Gasteiger partial charge in [0.2, 0.25) is 5.95 Å². The Morgan fingerprint density at radius 1 is 1.10 bits per heavy atom. The molecular weight excluding hydrogens is 262 g/mol. The van der Waals surface area contributed by atoms with Gasteiger partial charge in [-0.25, -0.2) is 4.98 Å². The molecule has 0 atom stereocenters. The van der Waals surface area contributed by atoms with Gasteiger partial charge in [0.25, 0.3) is 0 Å². The van der Waals surface area contributed by atoms with Crippen molar-refractivity contribution in [3.8, 4) is 0 Å². The highest BCUT2D eigenvalue weighted by atomic mass is 15.3. The third-order valence-electron chi connectivity index (χ3n) is 3.79. The van der Waals surface area contributed by atoms with Crippen LogP contribution in [0.5, 0.6) is 0 Å². The van der Waals surface area contributed by atoms with E-state index in [-0.39, 0.29) is 0 Å². The Hall–Kier alpha value is -2.30. The number of aryl methyl sites for hydroxylation is 5. The molecule has 0 aliphatic carbocycles. The lowest BCUT2D eigenvalue weighted by molar-refractivity contribution is 0.523. The number of benzene rings is 1. The van der Waals surface area contributed by atoms with Crippen molar-refractivity contribution in [1.82, 2.24) is 19.3 Å². The quantitative estimate of drug-likeness (QED) is 0.801. The van der Waals surface area contributed by atoms with Crippen LogP contribution >= 0.6 is 0 Å². The molecule has 5 heteroatoms. The van der Waals surface area contributed by atoms with Gasteiger partial charge in [-0.1, -0.05) is 6.07 Å². The fraction of sp³-hybridized carbons (Fsp3) is 0.375. The summed E-state index contributed by atoms with van der Waals surface area (Å²) in [7, 11) is 0. The molecule has 2 N–H and O–H groups in total. The maximum absolute atomic E-state index is 6.05. The number of fused-ring (bicyclic) bond motifs is 1. The Bertz CT molecular complexity index is 781. The monoisotopic (exact) mass is 283 g/mol. The fourth-order valence-electron chi connectivity index (χ4n) is 2.77. The van der Waals surface area contributed by atoms with Gasteiger partial charge in [0.15, 0.2) is 0 Å². The molecule has 0 amide bonds. The molecule has 2 heterocycles. The van der Waals surface area contributed by atoms with Gasteiger partial charge < -0.3 is 10.3 Å².